The van der Waals surface area contributed by atoms with Crippen LogP contribution in [-0.2, 0) is 26.2 Å². The number of fused-ring (bicyclic) bond motifs is 1. The summed E-state index contributed by atoms with van der Waals surface area (Å²) >= 11 is 0. The summed E-state index contributed by atoms with van der Waals surface area (Å²) in [6.07, 6.45) is 0.381. The molecule has 0 aliphatic carbocycles. The lowest BCUT2D eigenvalue weighted by molar-refractivity contribution is -0.140. The predicted octanol–water partition coefficient (Wildman–Crippen LogP) is 3.50. The fraction of sp³-hybridized carbons (Fsp3) is 0.500. The summed E-state index contributed by atoms with van der Waals surface area (Å²) < 4.78 is 38.7. The molecular formula is C28H39N3O6S. The van der Waals surface area contributed by atoms with E-state index in [9.17, 15) is 18.0 Å². The van der Waals surface area contributed by atoms with E-state index in [1.54, 1.807) is 18.2 Å². The lowest BCUT2D eigenvalue weighted by atomic mass is 10.1. The van der Waals surface area contributed by atoms with Crippen LogP contribution in [0.2, 0.25) is 0 Å². The first-order chi connectivity index (χ1) is 18.1. The van der Waals surface area contributed by atoms with Crippen LogP contribution < -0.4 is 19.1 Å². The van der Waals surface area contributed by atoms with Gasteiger partial charge in [0.25, 0.3) is 0 Å². The largest absolute Gasteiger partial charge is 0.486 e. The molecule has 1 heterocycles. The lowest BCUT2D eigenvalue weighted by Crippen LogP contribution is -2.52. The van der Waals surface area contributed by atoms with Crippen LogP contribution in [0.4, 0.5) is 5.69 Å². The number of nitrogens with zero attached hydrogens (tertiary/aromatic N) is 2. The van der Waals surface area contributed by atoms with Gasteiger partial charge in [0.15, 0.2) is 11.5 Å². The van der Waals surface area contributed by atoms with Crippen molar-refractivity contribution in [3.05, 3.63) is 53.6 Å². The first-order valence-corrected chi connectivity index (χ1v) is 14.7. The highest BCUT2D eigenvalue weighted by Crippen LogP contribution is 2.35. The van der Waals surface area contributed by atoms with Gasteiger partial charge in [0, 0.05) is 19.2 Å². The monoisotopic (exact) mass is 545 g/mol. The van der Waals surface area contributed by atoms with Crippen LogP contribution >= 0.6 is 0 Å². The van der Waals surface area contributed by atoms with Gasteiger partial charge in [0.2, 0.25) is 21.8 Å². The summed E-state index contributed by atoms with van der Waals surface area (Å²) in [5.41, 5.74) is 2.17. The molecule has 38 heavy (non-hydrogen) atoms. The molecule has 0 aromatic heterocycles. The van der Waals surface area contributed by atoms with E-state index in [0.717, 1.165) is 15.4 Å². The van der Waals surface area contributed by atoms with E-state index in [4.69, 9.17) is 9.47 Å². The highest BCUT2D eigenvalue weighted by molar-refractivity contribution is 7.92. The van der Waals surface area contributed by atoms with E-state index in [-0.39, 0.29) is 24.1 Å². The molecule has 0 spiro atoms. The van der Waals surface area contributed by atoms with E-state index < -0.39 is 28.5 Å². The highest BCUT2D eigenvalue weighted by Gasteiger charge is 2.33. The molecular weight excluding hydrogens is 506 g/mol. The van der Waals surface area contributed by atoms with Gasteiger partial charge in [-0.3, -0.25) is 13.9 Å². The minimum Gasteiger partial charge on any atom is -0.486 e. The average molecular weight is 546 g/mol. The number of carbonyl (C=O) groups is 2. The molecule has 1 aliphatic heterocycles. The van der Waals surface area contributed by atoms with Gasteiger partial charge in [0.1, 0.15) is 25.8 Å². The van der Waals surface area contributed by atoms with Gasteiger partial charge < -0.3 is 19.7 Å². The van der Waals surface area contributed by atoms with E-state index in [1.807, 2.05) is 52.0 Å². The third kappa shape index (κ3) is 7.18. The molecule has 0 unspecified atom stereocenters. The smallest absolute Gasteiger partial charge is 0.244 e. The molecule has 0 bridgehead atoms. The van der Waals surface area contributed by atoms with Gasteiger partial charge in [-0.15, -0.1) is 0 Å². The van der Waals surface area contributed by atoms with Crippen molar-refractivity contribution < 1.29 is 27.5 Å². The summed E-state index contributed by atoms with van der Waals surface area (Å²) in [5.74, 6) is 0.276. The lowest BCUT2D eigenvalue weighted by Gasteiger charge is -2.33. The first kappa shape index (κ1) is 29.3. The number of rotatable bonds is 12. The Morgan fingerprint density at radius 3 is 2.34 bits per heavy atom. The molecule has 1 N–H and O–H groups in total. The second kappa shape index (κ2) is 13.0. The Morgan fingerprint density at radius 2 is 1.71 bits per heavy atom. The van der Waals surface area contributed by atoms with Crippen LogP contribution in [0.3, 0.4) is 0 Å². The van der Waals surface area contributed by atoms with Crippen LogP contribution in [0.5, 0.6) is 11.5 Å². The third-order valence-electron chi connectivity index (χ3n) is 6.47. The second-order valence-corrected chi connectivity index (χ2v) is 11.9. The Kier molecular flexibility index (Phi) is 10.0. The van der Waals surface area contributed by atoms with E-state index in [2.05, 4.69) is 5.32 Å². The maximum absolute atomic E-state index is 13.9. The Labute approximate surface area is 226 Å². The Hall–Kier alpha value is -3.27. The minimum absolute atomic E-state index is 0.181. The van der Waals surface area contributed by atoms with Crippen LogP contribution in [0, 0.1) is 12.8 Å². The molecule has 2 aromatic rings. The Bertz CT molecular complexity index is 1230. The molecule has 0 saturated carbocycles. The van der Waals surface area contributed by atoms with E-state index in [0.29, 0.717) is 43.4 Å². The number of aryl methyl sites for hydroxylation is 1. The van der Waals surface area contributed by atoms with Gasteiger partial charge >= 0.3 is 0 Å². The molecule has 0 saturated heterocycles. The first-order valence-electron chi connectivity index (χ1n) is 13.1. The predicted molar refractivity (Wildman–Crippen MR) is 148 cm³/mol. The van der Waals surface area contributed by atoms with Crippen LogP contribution in [-0.4, -0.2) is 63.2 Å². The minimum atomic E-state index is -3.83. The second-order valence-electron chi connectivity index (χ2n) is 9.75. The molecule has 10 heteroatoms. The molecule has 2 amide bonds. The molecule has 1 aliphatic rings. The zero-order chi connectivity index (χ0) is 27.9. The zero-order valence-electron chi connectivity index (χ0n) is 22.9. The third-order valence-corrected chi connectivity index (χ3v) is 8.21. The normalized spacial score (nSPS) is 13.6. The quantitative estimate of drug-likeness (QED) is 0.438. The fourth-order valence-corrected chi connectivity index (χ4v) is 5.27. The number of carbonyl (C=O) groups excluding carboxylic acids is 2. The number of hydrogen-bond acceptors (Lipinski definition) is 6. The van der Waals surface area contributed by atoms with Crippen molar-refractivity contribution in [2.45, 2.75) is 53.6 Å². The molecule has 0 fully saturated rings. The van der Waals surface area contributed by atoms with Crippen molar-refractivity contribution >= 4 is 27.5 Å². The van der Waals surface area contributed by atoms with Crippen molar-refractivity contribution in [1.82, 2.24) is 10.2 Å². The fourth-order valence-electron chi connectivity index (χ4n) is 4.22. The molecule has 3 rings (SSSR count). The van der Waals surface area contributed by atoms with E-state index in [1.165, 1.54) is 11.8 Å². The van der Waals surface area contributed by atoms with Gasteiger partial charge in [-0.05, 0) is 49.4 Å². The van der Waals surface area contributed by atoms with Gasteiger partial charge in [0.05, 0.1) is 11.4 Å². The summed E-state index contributed by atoms with van der Waals surface area (Å²) in [6.45, 7) is 10.3. The summed E-state index contributed by atoms with van der Waals surface area (Å²) in [4.78, 5) is 28.6. The number of amides is 2. The number of nitrogens with one attached hydrogen (secondary N) is 1. The summed E-state index contributed by atoms with van der Waals surface area (Å²) in [6, 6.07) is 11.7. The van der Waals surface area contributed by atoms with Gasteiger partial charge in [-0.1, -0.05) is 45.0 Å². The number of sulfonamides is 1. The number of hydrogen-bond donors (Lipinski definition) is 1. The average Bonchev–Trinajstić information content (AvgIpc) is 2.90. The van der Waals surface area contributed by atoms with Crippen molar-refractivity contribution in [2.24, 2.45) is 5.92 Å². The maximum Gasteiger partial charge on any atom is 0.244 e. The molecule has 9 nitrogen and oxygen atoms in total. The van der Waals surface area contributed by atoms with Crippen molar-refractivity contribution in [1.29, 1.82) is 0 Å². The number of benzene rings is 2. The van der Waals surface area contributed by atoms with Crippen molar-refractivity contribution in [2.75, 3.05) is 36.4 Å². The maximum atomic E-state index is 13.9. The van der Waals surface area contributed by atoms with E-state index >= 15 is 0 Å². The SMILES string of the molecule is CC[C@@H](C(=O)NCC(C)C)N(Cc1ccccc1C)C(=O)CN(c1ccc2c(c1)OCCO2)S(=O)(=O)CC. The number of ether oxygens (including phenoxy) is 2. The van der Waals surface area contributed by atoms with Crippen molar-refractivity contribution in [3.8, 4) is 11.5 Å². The Morgan fingerprint density at radius 1 is 1.03 bits per heavy atom. The van der Waals surface area contributed by atoms with Crippen molar-refractivity contribution in [3.63, 3.8) is 0 Å². The topological polar surface area (TPSA) is 105 Å². The number of anilines is 1. The highest BCUT2D eigenvalue weighted by atomic mass is 32.2. The van der Waals surface area contributed by atoms with Crippen LogP contribution in [0.15, 0.2) is 42.5 Å². The molecule has 1 atom stereocenters. The molecule has 208 valence electrons. The molecule has 0 radical (unpaired) electrons. The van der Waals surface area contributed by atoms with Gasteiger partial charge in [-0.25, -0.2) is 8.42 Å². The summed E-state index contributed by atoms with van der Waals surface area (Å²) in [7, 11) is -3.83. The van der Waals surface area contributed by atoms with Crippen LogP contribution in [0.25, 0.3) is 0 Å². The molecule has 2 aromatic carbocycles. The summed E-state index contributed by atoms with van der Waals surface area (Å²) in [5, 5.41) is 2.93. The van der Waals surface area contributed by atoms with Crippen LogP contribution in [0.1, 0.15) is 45.2 Å². The Balaban J connectivity index is 1.98. The standard InChI is InChI=1S/C28H39N3O6S/c1-6-24(28(33)29-17-20(3)4)30(18-22-11-9-8-10-21(22)5)27(32)19-31(38(34,35)7-2)23-12-13-25-26(16-23)37-15-14-36-25/h8-13,16,20,24H,6-7,14-15,17-19H2,1-5H3,(H,29,33)/t24-/m0/s1. The zero-order valence-corrected chi connectivity index (χ0v) is 23.7. The van der Waals surface area contributed by atoms with Gasteiger partial charge in [-0.2, -0.15) is 0 Å².